The van der Waals surface area contributed by atoms with E-state index in [0.29, 0.717) is 47.0 Å². The summed E-state index contributed by atoms with van der Waals surface area (Å²) in [5, 5.41) is 2.77. The quantitative estimate of drug-likeness (QED) is 0.251. The molecule has 6 heterocycles. The van der Waals surface area contributed by atoms with Gasteiger partial charge >= 0.3 is 0 Å². The number of nitrogens with zero attached hydrogens (tertiary/aromatic N) is 6. The van der Waals surface area contributed by atoms with Crippen LogP contribution in [0.4, 0.5) is 17.1 Å². The van der Waals surface area contributed by atoms with Crippen molar-refractivity contribution in [1.29, 1.82) is 0 Å². The second-order valence-corrected chi connectivity index (χ2v) is 17.5. The summed E-state index contributed by atoms with van der Waals surface area (Å²) in [6.07, 6.45) is 6.86. The maximum Gasteiger partial charge on any atom is 0.262 e. The third kappa shape index (κ3) is 6.92. The smallest absolute Gasteiger partial charge is 0.262 e. The van der Waals surface area contributed by atoms with Gasteiger partial charge < -0.3 is 14.7 Å². The van der Waals surface area contributed by atoms with Gasteiger partial charge in [-0.2, -0.15) is 0 Å². The number of imide groups is 2. The summed E-state index contributed by atoms with van der Waals surface area (Å²) >= 11 is 6.39. The van der Waals surface area contributed by atoms with Crippen LogP contribution in [0.25, 0.3) is 4.85 Å². The second kappa shape index (κ2) is 15.2. The Morgan fingerprint density at radius 1 is 0.810 bits per heavy atom. The van der Waals surface area contributed by atoms with E-state index in [0.717, 1.165) is 111 Å². The Morgan fingerprint density at radius 2 is 1.45 bits per heavy atom. The average Bonchev–Trinajstić information content (AvgIpc) is 3.56. The second-order valence-electron chi connectivity index (χ2n) is 17.1. The molecule has 6 aliphatic rings. The summed E-state index contributed by atoms with van der Waals surface area (Å²) in [5.41, 5.74) is 6.50. The maximum absolute atomic E-state index is 13.7. The molecule has 5 amide bonds. The van der Waals surface area contributed by atoms with Crippen LogP contribution in [0.3, 0.4) is 0 Å². The molecular weight excluding hydrogens is 754 g/mol. The Kier molecular flexibility index (Phi) is 10.0. The number of anilines is 2. The van der Waals surface area contributed by atoms with Crippen molar-refractivity contribution in [1.82, 2.24) is 20.0 Å². The van der Waals surface area contributed by atoms with Crippen molar-refractivity contribution < 1.29 is 24.0 Å². The van der Waals surface area contributed by atoms with Gasteiger partial charge in [0.15, 0.2) is 0 Å². The van der Waals surface area contributed by atoms with Crippen molar-refractivity contribution in [2.45, 2.75) is 82.8 Å². The molecule has 300 valence electrons. The number of rotatable bonds is 5. The van der Waals surface area contributed by atoms with Gasteiger partial charge in [0, 0.05) is 86.3 Å². The highest BCUT2D eigenvalue weighted by Gasteiger charge is 2.46. The minimum Gasteiger partial charge on any atom is -0.371 e. The molecule has 2 atom stereocenters. The van der Waals surface area contributed by atoms with Gasteiger partial charge in [-0.15, -0.1) is 0 Å². The van der Waals surface area contributed by atoms with Gasteiger partial charge in [0.1, 0.15) is 6.04 Å². The van der Waals surface area contributed by atoms with Gasteiger partial charge in [-0.3, -0.25) is 39.1 Å². The minimum atomic E-state index is -0.968. The Bertz CT molecular complexity index is 2190. The summed E-state index contributed by atoms with van der Waals surface area (Å²) in [6.45, 7) is 15.6. The van der Waals surface area contributed by atoms with Crippen LogP contribution in [-0.4, -0.2) is 108 Å². The molecule has 3 aromatic carbocycles. The number of amides is 5. The minimum absolute atomic E-state index is 0.0747. The Morgan fingerprint density at radius 3 is 2.05 bits per heavy atom. The third-order valence-corrected chi connectivity index (χ3v) is 14.1. The molecule has 4 fully saturated rings. The zero-order chi connectivity index (χ0) is 40.3. The summed E-state index contributed by atoms with van der Waals surface area (Å²) in [6, 6.07) is 17.4. The normalized spacial score (nSPS) is 23.8. The SMILES string of the molecule is [C-]#[N+]c1ccc(N2CC3(CCN(c4ccc(C(=O)N5CCC(N6CCc7cc8c(cc7CC6)C(=O)N(C6CCC(=O)NC6=O)C8=O)CC5)cc4)CC3)C[C@@H]2C)cc1Cl. The molecule has 0 aromatic heterocycles. The van der Waals surface area contributed by atoms with E-state index in [1.54, 1.807) is 0 Å². The lowest BCUT2D eigenvalue weighted by Gasteiger charge is -2.40. The van der Waals surface area contributed by atoms with E-state index >= 15 is 0 Å². The molecular formula is C45H48ClN7O5. The molecule has 1 unspecified atom stereocenters. The van der Waals surface area contributed by atoms with Gasteiger partial charge in [-0.1, -0.05) is 17.7 Å². The van der Waals surface area contributed by atoms with Crippen LogP contribution >= 0.6 is 11.6 Å². The molecule has 0 radical (unpaired) electrons. The zero-order valence-corrected chi connectivity index (χ0v) is 33.6. The van der Waals surface area contributed by atoms with E-state index < -0.39 is 23.8 Å². The number of nitrogens with one attached hydrogen (secondary N) is 1. The first-order valence-electron chi connectivity index (χ1n) is 20.7. The summed E-state index contributed by atoms with van der Waals surface area (Å²) in [4.78, 5) is 78.5. The van der Waals surface area contributed by atoms with E-state index in [9.17, 15) is 24.0 Å². The van der Waals surface area contributed by atoms with Crippen LogP contribution < -0.4 is 15.1 Å². The molecule has 0 bridgehead atoms. The zero-order valence-electron chi connectivity index (χ0n) is 32.8. The van der Waals surface area contributed by atoms with E-state index in [1.807, 2.05) is 47.4 Å². The molecule has 0 saturated carbocycles. The number of hydrogen-bond donors (Lipinski definition) is 1. The van der Waals surface area contributed by atoms with Crippen LogP contribution in [-0.2, 0) is 22.4 Å². The third-order valence-electron chi connectivity index (χ3n) is 13.8. The number of carbonyl (C=O) groups excluding carboxylic acids is 5. The molecule has 12 nitrogen and oxygen atoms in total. The highest BCUT2D eigenvalue weighted by atomic mass is 35.5. The lowest BCUT2D eigenvalue weighted by molar-refractivity contribution is -0.136. The molecule has 0 aliphatic carbocycles. The molecule has 4 saturated heterocycles. The first-order chi connectivity index (χ1) is 28.0. The monoisotopic (exact) mass is 801 g/mol. The molecule has 3 aromatic rings. The van der Waals surface area contributed by atoms with E-state index in [4.69, 9.17) is 18.2 Å². The molecule has 58 heavy (non-hydrogen) atoms. The van der Waals surface area contributed by atoms with Gasteiger partial charge in [0.2, 0.25) is 17.5 Å². The van der Waals surface area contributed by atoms with Gasteiger partial charge in [0.05, 0.1) is 17.7 Å². The van der Waals surface area contributed by atoms with Crippen LogP contribution in [0.1, 0.15) is 94.1 Å². The van der Waals surface area contributed by atoms with Gasteiger partial charge in [-0.25, -0.2) is 4.85 Å². The van der Waals surface area contributed by atoms with Crippen LogP contribution in [0.2, 0.25) is 5.02 Å². The number of piperidine rings is 3. The highest BCUT2D eigenvalue weighted by Crippen LogP contribution is 2.46. The summed E-state index contributed by atoms with van der Waals surface area (Å²) < 4.78 is 0. The number of hydrogen-bond acceptors (Lipinski definition) is 8. The van der Waals surface area contributed by atoms with Gasteiger partial charge in [-0.05, 0) is 123 Å². The maximum atomic E-state index is 13.7. The number of halogens is 1. The lowest BCUT2D eigenvalue weighted by Crippen LogP contribution is -2.54. The summed E-state index contributed by atoms with van der Waals surface area (Å²) in [7, 11) is 0. The fourth-order valence-corrected chi connectivity index (χ4v) is 10.8. The fraction of sp³-hybridized carbons (Fsp3) is 0.467. The average molecular weight is 802 g/mol. The van der Waals surface area contributed by atoms with Crippen molar-refractivity contribution in [3.8, 4) is 0 Å². The number of likely N-dealkylation sites (tertiary alicyclic amines) is 1. The topological polar surface area (TPSA) is 118 Å². The molecule has 9 rings (SSSR count). The highest BCUT2D eigenvalue weighted by molar-refractivity contribution is 6.33. The number of fused-ring (bicyclic) bond motifs is 2. The Hall–Kier alpha value is -5.25. The molecule has 6 aliphatic heterocycles. The van der Waals surface area contributed by atoms with Crippen LogP contribution in [0.15, 0.2) is 54.6 Å². The lowest BCUT2D eigenvalue weighted by atomic mass is 9.76. The predicted octanol–water partition coefficient (Wildman–Crippen LogP) is 5.88. The summed E-state index contributed by atoms with van der Waals surface area (Å²) in [5.74, 6) is -1.85. The van der Waals surface area contributed by atoms with Crippen molar-refractivity contribution >= 4 is 58.2 Å². The van der Waals surface area contributed by atoms with Crippen molar-refractivity contribution in [3.05, 3.63) is 98.9 Å². The standard InChI is InChI=1S/C45H48ClN7O5/c1-28-26-45(27-52(28)34-7-8-38(47-2)37(46)25-34)15-21-50(22-16-45)32-5-3-29(4-6-32)42(56)51-19-13-33(14-20-51)49-17-11-30-23-35-36(24-31(30)12-18-49)44(58)53(43(35)57)39-9-10-40(54)48-41(39)55/h3-8,23-25,28,33,39H,9-22,26-27H2,1H3,(H,48,54,55)/t28-,39?/m0/s1. The number of benzene rings is 3. The van der Waals surface area contributed by atoms with E-state index in [-0.39, 0.29) is 30.1 Å². The van der Waals surface area contributed by atoms with Crippen molar-refractivity contribution in [2.24, 2.45) is 5.41 Å². The predicted molar refractivity (Wildman–Crippen MR) is 220 cm³/mol. The number of carbonyl (C=O) groups is 5. The van der Waals surface area contributed by atoms with E-state index in [1.165, 1.54) is 0 Å². The largest absolute Gasteiger partial charge is 0.371 e. The van der Waals surface area contributed by atoms with Crippen LogP contribution in [0, 0.1) is 12.0 Å². The molecule has 1 N–H and O–H groups in total. The van der Waals surface area contributed by atoms with Crippen LogP contribution in [0.5, 0.6) is 0 Å². The van der Waals surface area contributed by atoms with E-state index in [2.05, 4.69) is 43.9 Å². The van der Waals surface area contributed by atoms with Crippen molar-refractivity contribution in [3.63, 3.8) is 0 Å². The van der Waals surface area contributed by atoms with Crippen molar-refractivity contribution in [2.75, 3.05) is 55.6 Å². The first-order valence-corrected chi connectivity index (χ1v) is 21.1. The molecule has 13 heteroatoms. The Balaban J connectivity index is 0.759. The fourth-order valence-electron chi connectivity index (χ4n) is 10.5. The van der Waals surface area contributed by atoms with Gasteiger partial charge in [0.25, 0.3) is 17.7 Å². The first kappa shape index (κ1) is 38.3. The Labute approximate surface area is 343 Å². The molecule has 1 spiro atoms.